The van der Waals surface area contributed by atoms with Gasteiger partial charge in [-0.25, -0.2) is 13.4 Å². The molecule has 1 N–H and O–H groups in total. The van der Waals surface area contributed by atoms with Crippen LogP contribution in [0.15, 0.2) is 53.4 Å². The van der Waals surface area contributed by atoms with Gasteiger partial charge in [-0.15, -0.1) is 0 Å². The van der Waals surface area contributed by atoms with Crippen molar-refractivity contribution in [2.24, 2.45) is 0 Å². The van der Waals surface area contributed by atoms with Crippen molar-refractivity contribution in [2.45, 2.75) is 11.8 Å². The number of ether oxygens (including phenoxy) is 1. The summed E-state index contributed by atoms with van der Waals surface area (Å²) in [5.74, 6) is -0.625. The molecule has 130 valence electrons. The molecular weight excluding hydrogens is 360 g/mol. The van der Waals surface area contributed by atoms with Gasteiger partial charge in [0.15, 0.2) is 15.0 Å². The average molecular weight is 376 g/mol. The number of thiazole rings is 1. The second-order valence-electron chi connectivity index (χ2n) is 5.18. The summed E-state index contributed by atoms with van der Waals surface area (Å²) >= 11 is 1.27. The number of hydrogen-bond acceptors (Lipinski definition) is 6. The molecule has 0 spiro atoms. The third-order valence-electron chi connectivity index (χ3n) is 3.35. The number of aromatic nitrogens is 1. The van der Waals surface area contributed by atoms with Gasteiger partial charge in [-0.2, -0.15) is 0 Å². The number of nitrogens with zero attached hydrogens (tertiary/aromatic N) is 1. The first-order valence-corrected chi connectivity index (χ1v) is 10.1. The molecule has 0 saturated heterocycles. The Hall–Kier alpha value is -2.45. The normalized spacial score (nSPS) is 11.4. The minimum absolute atomic E-state index is 0.119. The Bertz CT molecular complexity index is 998. The Balaban J connectivity index is 1.77. The molecule has 0 saturated carbocycles. The van der Waals surface area contributed by atoms with Gasteiger partial charge in [-0.1, -0.05) is 35.6 Å². The summed E-state index contributed by atoms with van der Waals surface area (Å²) in [6.45, 7) is 2.38. The Morgan fingerprint density at radius 2 is 1.92 bits per heavy atom. The average Bonchev–Trinajstić information content (AvgIpc) is 2.98. The lowest BCUT2D eigenvalue weighted by Gasteiger charge is -2.04. The number of fused-ring (bicyclic) bond motifs is 1. The molecule has 8 heteroatoms. The van der Waals surface area contributed by atoms with Crippen LogP contribution in [0.3, 0.4) is 0 Å². The van der Waals surface area contributed by atoms with Crippen molar-refractivity contribution in [3.63, 3.8) is 0 Å². The van der Waals surface area contributed by atoms with Crippen molar-refractivity contribution in [2.75, 3.05) is 17.7 Å². The molecule has 0 bridgehead atoms. The molecular formula is C17H16N2O4S2. The molecule has 25 heavy (non-hydrogen) atoms. The van der Waals surface area contributed by atoms with Crippen molar-refractivity contribution in [1.29, 1.82) is 0 Å². The lowest BCUT2D eigenvalue weighted by molar-refractivity contribution is -0.113. The van der Waals surface area contributed by atoms with Gasteiger partial charge >= 0.3 is 0 Å². The van der Waals surface area contributed by atoms with Crippen molar-refractivity contribution < 1.29 is 17.9 Å². The number of amides is 1. The summed E-state index contributed by atoms with van der Waals surface area (Å²) in [5.41, 5.74) is 0.649. The minimum Gasteiger partial charge on any atom is -0.492 e. The van der Waals surface area contributed by atoms with E-state index in [1.807, 2.05) is 19.1 Å². The number of carbonyl (C=O) groups excluding carboxylic acids is 1. The lowest BCUT2D eigenvalue weighted by Crippen LogP contribution is -2.22. The van der Waals surface area contributed by atoms with E-state index in [-0.39, 0.29) is 4.90 Å². The van der Waals surface area contributed by atoms with Crippen LogP contribution in [0.5, 0.6) is 5.75 Å². The third-order valence-corrected chi connectivity index (χ3v) is 5.92. The van der Waals surface area contributed by atoms with E-state index in [0.717, 1.165) is 4.70 Å². The SMILES string of the molecule is CCOc1cccc2sc(NC(=O)CS(=O)(=O)c3ccccc3)nc12. The van der Waals surface area contributed by atoms with Crippen LogP contribution in [0.1, 0.15) is 6.92 Å². The van der Waals surface area contributed by atoms with Crippen LogP contribution in [0, 0.1) is 0 Å². The largest absolute Gasteiger partial charge is 0.492 e. The molecule has 3 aromatic rings. The van der Waals surface area contributed by atoms with E-state index in [2.05, 4.69) is 10.3 Å². The molecule has 0 atom stereocenters. The van der Waals surface area contributed by atoms with Crippen LogP contribution >= 0.6 is 11.3 Å². The van der Waals surface area contributed by atoms with Crippen LogP contribution in [-0.4, -0.2) is 31.7 Å². The fraction of sp³-hybridized carbons (Fsp3) is 0.176. The number of sulfone groups is 1. The first-order valence-electron chi connectivity index (χ1n) is 7.59. The first kappa shape index (κ1) is 17.4. The summed E-state index contributed by atoms with van der Waals surface area (Å²) < 4.78 is 30.9. The molecule has 2 aromatic carbocycles. The molecule has 6 nitrogen and oxygen atoms in total. The highest BCUT2D eigenvalue weighted by molar-refractivity contribution is 7.92. The predicted molar refractivity (Wildman–Crippen MR) is 97.9 cm³/mol. The predicted octanol–water partition coefficient (Wildman–Crippen LogP) is 3.11. The standard InChI is InChI=1S/C17H16N2O4S2/c1-2-23-13-9-6-10-14-16(13)19-17(24-14)18-15(20)11-25(21,22)12-7-4-3-5-8-12/h3-10H,2,11H2,1H3,(H,18,19,20). The monoisotopic (exact) mass is 376 g/mol. The van der Waals surface area contributed by atoms with Crippen molar-refractivity contribution in [3.05, 3.63) is 48.5 Å². The van der Waals surface area contributed by atoms with E-state index in [0.29, 0.717) is 23.0 Å². The van der Waals surface area contributed by atoms with Gasteiger partial charge in [0.1, 0.15) is 17.0 Å². The number of rotatable bonds is 6. The number of carbonyl (C=O) groups is 1. The smallest absolute Gasteiger partial charge is 0.241 e. The van der Waals surface area contributed by atoms with E-state index in [1.54, 1.807) is 24.3 Å². The Kier molecular flexibility index (Phi) is 5.00. The molecule has 0 fully saturated rings. The molecule has 0 aliphatic heterocycles. The molecule has 0 aliphatic carbocycles. The van der Waals surface area contributed by atoms with E-state index < -0.39 is 21.5 Å². The highest BCUT2D eigenvalue weighted by Crippen LogP contribution is 2.32. The summed E-state index contributed by atoms with van der Waals surface area (Å²) in [5, 5.41) is 2.90. The minimum atomic E-state index is -3.69. The zero-order valence-electron chi connectivity index (χ0n) is 13.4. The molecule has 0 radical (unpaired) electrons. The second-order valence-corrected chi connectivity index (χ2v) is 8.20. The molecule has 1 amide bonds. The molecule has 0 unspecified atom stereocenters. The number of nitrogens with one attached hydrogen (secondary N) is 1. The fourth-order valence-electron chi connectivity index (χ4n) is 2.29. The number of hydrogen-bond donors (Lipinski definition) is 1. The summed E-state index contributed by atoms with van der Waals surface area (Å²) in [4.78, 5) is 16.6. The van der Waals surface area contributed by atoms with E-state index >= 15 is 0 Å². The number of anilines is 1. The molecule has 1 heterocycles. The topological polar surface area (TPSA) is 85.4 Å². The summed E-state index contributed by atoms with van der Waals surface area (Å²) in [6, 6.07) is 13.4. The fourth-order valence-corrected chi connectivity index (χ4v) is 4.34. The van der Waals surface area contributed by atoms with Crippen molar-refractivity contribution in [3.8, 4) is 5.75 Å². The Labute approximate surface area is 149 Å². The molecule has 1 aromatic heterocycles. The van der Waals surface area contributed by atoms with Crippen molar-refractivity contribution in [1.82, 2.24) is 4.98 Å². The third kappa shape index (κ3) is 3.97. The maximum absolute atomic E-state index is 12.2. The van der Waals surface area contributed by atoms with Crippen LogP contribution in [0.4, 0.5) is 5.13 Å². The van der Waals surface area contributed by atoms with Crippen LogP contribution in [0.2, 0.25) is 0 Å². The van der Waals surface area contributed by atoms with Crippen LogP contribution in [0.25, 0.3) is 10.2 Å². The van der Waals surface area contributed by atoms with Gasteiger partial charge in [0, 0.05) is 0 Å². The lowest BCUT2D eigenvalue weighted by atomic mass is 10.3. The van der Waals surface area contributed by atoms with E-state index in [1.165, 1.54) is 23.5 Å². The van der Waals surface area contributed by atoms with E-state index in [4.69, 9.17) is 4.74 Å². The van der Waals surface area contributed by atoms with E-state index in [9.17, 15) is 13.2 Å². The quantitative estimate of drug-likeness (QED) is 0.714. The molecule has 0 aliphatic rings. The van der Waals surface area contributed by atoms with Gasteiger partial charge in [0.2, 0.25) is 5.91 Å². The zero-order valence-corrected chi connectivity index (χ0v) is 15.1. The van der Waals surface area contributed by atoms with Gasteiger partial charge < -0.3 is 10.1 Å². The highest BCUT2D eigenvalue weighted by Gasteiger charge is 2.20. The Morgan fingerprint density at radius 3 is 2.64 bits per heavy atom. The number of benzene rings is 2. The van der Waals surface area contributed by atoms with Gasteiger partial charge in [0.25, 0.3) is 0 Å². The second kappa shape index (κ2) is 7.20. The number of para-hydroxylation sites is 1. The summed E-state index contributed by atoms with van der Waals surface area (Å²) in [6.07, 6.45) is 0. The van der Waals surface area contributed by atoms with Crippen LogP contribution in [-0.2, 0) is 14.6 Å². The zero-order chi connectivity index (χ0) is 17.9. The highest BCUT2D eigenvalue weighted by atomic mass is 32.2. The van der Waals surface area contributed by atoms with Crippen LogP contribution < -0.4 is 10.1 Å². The van der Waals surface area contributed by atoms with Gasteiger partial charge in [-0.3, -0.25) is 4.79 Å². The first-order chi connectivity index (χ1) is 12.0. The summed E-state index contributed by atoms with van der Waals surface area (Å²) in [7, 11) is -3.69. The van der Waals surface area contributed by atoms with Gasteiger partial charge in [-0.05, 0) is 31.2 Å². The Morgan fingerprint density at radius 1 is 1.16 bits per heavy atom. The van der Waals surface area contributed by atoms with Crippen molar-refractivity contribution >= 4 is 42.4 Å². The van der Waals surface area contributed by atoms with Gasteiger partial charge in [0.05, 0.1) is 16.2 Å². The maximum atomic E-state index is 12.2. The molecule has 3 rings (SSSR count). The maximum Gasteiger partial charge on any atom is 0.241 e.